The summed E-state index contributed by atoms with van der Waals surface area (Å²) >= 11 is 0. The van der Waals surface area contributed by atoms with Gasteiger partial charge in [0.25, 0.3) is 0 Å². The van der Waals surface area contributed by atoms with Gasteiger partial charge in [-0.1, -0.05) is 0 Å². The van der Waals surface area contributed by atoms with Gasteiger partial charge in [-0.2, -0.15) is 5.10 Å². The summed E-state index contributed by atoms with van der Waals surface area (Å²) in [6, 6.07) is 7.05. The summed E-state index contributed by atoms with van der Waals surface area (Å²) in [7, 11) is 1.53. The van der Waals surface area contributed by atoms with Gasteiger partial charge in [0.05, 0.1) is 18.5 Å². The summed E-state index contributed by atoms with van der Waals surface area (Å²) in [5.41, 5.74) is 3.06. The molecule has 7 nitrogen and oxygen atoms in total. The van der Waals surface area contributed by atoms with Gasteiger partial charge in [-0.05, 0) is 38.1 Å². The largest absolute Gasteiger partial charge is 0.495 e. The molecule has 0 atom stereocenters. The maximum atomic E-state index is 12.2. The molecule has 2 aromatic rings. The number of rotatable bonds is 6. The number of aryl methyl sites for hydroxylation is 3. The number of ether oxygens (including phenoxy) is 1. The van der Waals surface area contributed by atoms with Crippen LogP contribution in [0.2, 0.25) is 0 Å². The zero-order valence-electron chi connectivity index (χ0n) is 14.3. The van der Waals surface area contributed by atoms with E-state index in [4.69, 9.17) is 4.74 Å². The minimum Gasteiger partial charge on any atom is -0.495 e. The first-order chi connectivity index (χ1) is 11.4. The molecule has 2 N–H and O–H groups in total. The van der Waals surface area contributed by atoms with Gasteiger partial charge in [0.2, 0.25) is 11.8 Å². The van der Waals surface area contributed by atoms with Gasteiger partial charge in [-0.25, -0.2) is 0 Å². The van der Waals surface area contributed by atoms with Gasteiger partial charge in [-0.15, -0.1) is 0 Å². The Labute approximate surface area is 141 Å². The predicted octanol–water partition coefficient (Wildman–Crippen LogP) is 2.50. The van der Waals surface area contributed by atoms with E-state index in [1.807, 2.05) is 19.9 Å². The van der Waals surface area contributed by atoms with Gasteiger partial charge in [0, 0.05) is 31.3 Å². The molecule has 0 fully saturated rings. The lowest BCUT2D eigenvalue weighted by Gasteiger charge is -2.12. The molecule has 0 saturated carbocycles. The molecule has 0 aliphatic heterocycles. The van der Waals surface area contributed by atoms with Crippen LogP contribution in [-0.2, 0) is 16.1 Å². The number of hydrogen-bond donors (Lipinski definition) is 2. The topological polar surface area (TPSA) is 85.3 Å². The van der Waals surface area contributed by atoms with Gasteiger partial charge >= 0.3 is 0 Å². The summed E-state index contributed by atoms with van der Waals surface area (Å²) in [5, 5.41) is 9.83. The lowest BCUT2D eigenvalue weighted by molar-refractivity contribution is -0.116. The second kappa shape index (κ2) is 7.63. The monoisotopic (exact) mass is 330 g/mol. The maximum absolute atomic E-state index is 12.2. The van der Waals surface area contributed by atoms with Crippen LogP contribution in [-0.4, -0.2) is 28.7 Å². The Morgan fingerprint density at radius 2 is 1.96 bits per heavy atom. The van der Waals surface area contributed by atoms with Crippen LogP contribution in [0.15, 0.2) is 24.3 Å². The number of aromatic nitrogens is 2. The molecule has 7 heteroatoms. The van der Waals surface area contributed by atoms with E-state index < -0.39 is 0 Å². The van der Waals surface area contributed by atoms with Crippen molar-refractivity contribution >= 4 is 23.2 Å². The van der Waals surface area contributed by atoms with Crippen molar-refractivity contribution < 1.29 is 14.3 Å². The Morgan fingerprint density at radius 1 is 1.21 bits per heavy atom. The average molecular weight is 330 g/mol. The van der Waals surface area contributed by atoms with E-state index in [0.717, 1.165) is 11.4 Å². The number of carbonyl (C=O) groups is 2. The molecule has 1 heterocycles. The predicted molar refractivity (Wildman–Crippen MR) is 92.2 cm³/mol. The number of carbonyl (C=O) groups excluding carboxylic acids is 2. The van der Waals surface area contributed by atoms with Crippen LogP contribution in [0.25, 0.3) is 0 Å². The van der Waals surface area contributed by atoms with E-state index >= 15 is 0 Å². The van der Waals surface area contributed by atoms with Crippen LogP contribution in [0.4, 0.5) is 11.4 Å². The van der Waals surface area contributed by atoms with Crippen molar-refractivity contribution in [3.8, 4) is 5.75 Å². The van der Waals surface area contributed by atoms with Crippen molar-refractivity contribution in [2.75, 3.05) is 17.7 Å². The summed E-state index contributed by atoms with van der Waals surface area (Å²) in [6.07, 6.45) is 0.287. The Balaban J connectivity index is 2.04. The number of anilines is 2. The highest BCUT2D eigenvalue weighted by Crippen LogP contribution is 2.28. The standard InChI is InChI=1S/C17H22N4O3/c1-11-9-12(2)21(20-11)8-7-17(23)19-15-10-14(18-13(3)22)5-6-16(15)24-4/h5-6,9-10H,7-8H2,1-4H3,(H,18,22)(H,19,23). The second-order valence-electron chi connectivity index (χ2n) is 5.54. The first-order valence-corrected chi connectivity index (χ1v) is 7.65. The lowest BCUT2D eigenvalue weighted by atomic mass is 10.2. The third kappa shape index (κ3) is 4.58. The van der Waals surface area contributed by atoms with Crippen LogP contribution in [0.1, 0.15) is 24.7 Å². The van der Waals surface area contributed by atoms with Crippen LogP contribution in [0, 0.1) is 13.8 Å². The van der Waals surface area contributed by atoms with Crippen molar-refractivity contribution in [3.05, 3.63) is 35.7 Å². The second-order valence-corrected chi connectivity index (χ2v) is 5.54. The van der Waals surface area contributed by atoms with Crippen molar-refractivity contribution in [2.24, 2.45) is 0 Å². The highest BCUT2D eigenvalue weighted by molar-refractivity contribution is 5.94. The highest BCUT2D eigenvalue weighted by atomic mass is 16.5. The Bertz CT molecular complexity index is 752. The first kappa shape index (κ1) is 17.5. The molecule has 0 spiro atoms. The molecule has 128 valence electrons. The van der Waals surface area contributed by atoms with Crippen molar-refractivity contribution in [1.29, 1.82) is 0 Å². The van der Waals surface area contributed by atoms with Gasteiger partial charge in [-0.3, -0.25) is 14.3 Å². The summed E-state index contributed by atoms with van der Waals surface area (Å²) < 4.78 is 7.05. The van der Waals surface area contributed by atoms with Crippen LogP contribution in [0.3, 0.4) is 0 Å². The molecule has 24 heavy (non-hydrogen) atoms. The van der Waals surface area contributed by atoms with Crippen LogP contribution in [0.5, 0.6) is 5.75 Å². The van der Waals surface area contributed by atoms with Gasteiger partial charge in [0.1, 0.15) is 5.75 Å². The van der Waals surface area contributed by atoms with Gasteiger partial charge in [0.15, 0.2) is 0 Å². The van der Waals surface area contributed by atoms with Crippen LogP contribution < -0.4 is 15.4 Å². The number of nitrogens with one attached hydrogen (secondary N) is 2. The average Bonchev–Trinajstić information content (AvgIpc) is 2.83. The smallest absolute Gasteiger partial charge is 0.226 e. The SMILES string of the molecule is COc1ccc(NC(C)=O)cc1NC(=O)CCn1nc(C)cc1C. The van der Waals surface area contributed by atoms with Crippen LogP contribution >= 0.6 is 0 Å². The van der Waals surface area contributed by atoms with E-state index in [1.165, 1.54) is 14.0 Å². The Kier molecular flexibility index (Phi) is 5.57. The zero-order chi connectivity index (χ0) is 17.7. The minimum atomic E-state index is -0.179. The fourth-order valence-electron chi connectivity index (χ4n) is 2.41. The first-order valence-electron chi connectivity index (χ1n) is 7.65. The molecule has 0 unspecified atom stereocenters. The number of amides is 2. The van der Waals surface area contributed by atoms with Crippen molar-refractivity contribution in [3.63, 3.8) is 0 Å². The Hall–Kier alpha value is -2.83. The number of nitrogens with zero attached hydrogens (tertiary/aromatic N) is 2. The molecule has 0 bridgehead atoms. The fraction of sp³-hybridized carbons (Fsp3) is 0.353. The molecule has 0 radical (unpaired) electrons. The molecule has 2 rings (SSSR count). The quantitative estimate of drug-likeness (QED) is 0.852. The zero-order valence-corrected chi connectivity index (χ0v) is 14.3. The third-order valence-electron chi connectivity index (χ3n) is 3.45. The van der Waals surface area contributed by atoms with E-state index in [-0.39, 0.29) is 18.2 Å². The minimum absolute atomic E-state index is 0.152. The number of benzene rings is 1. The molecular weight excluding hydrogens is 308 g/mol. The highest BCUT2D eigenvalue weighted by Gasteiger charge is 2.10. The normalized spacial score (nSPS) is 10.3. The summed E-state index contributed by atoms with van der Waals surface area (Å²) in [6.45, 7) is 5.80. The van der Waals surface area contributed by atoms with E-state index in [2.05, 4.69) is 15.7 Å². The maximum Gasteiger partial charge on any atom is 0.226 e. The van der Waals surface area contributed by atoms with Gasteiger partial charge < -0.3 is 15.4 Å². The lowest BCUT2D eigenvalue weighted by Crippen LogP contribution is -2.16. The number of hydrogen-bond acceptors (Lipinski definition) is 4. The fourth-order valence-corrected chi connectivity index (χ4v) is 2.41. The molecule has 1 aromatic heterocycles. The van der Waals surface area contributed by atoms with E-state index in [1.54, 1.807) is 22.9 Å². The van der Waals surface area contributed by atoms with Crippen molar-refractivity contribution in [1.82, 2.24) is 9.78 Å². The van der Waals surface area contributed by atoms with E-state index in [0.29, 0.717) is 23.7 Å². The Morgan fingerprint density at radius 3 is 2.54 bits per heavy atom. The summed E-state index contributed by atoms with van der Waals surface area (Å²) in [4.78, 5) is 23.4. The summed E-state index contributed by atoms with van der Waals surface area (Å²) in [5.74, 6) is 0.200. The number of methoxy groups -OCH3 is 1. The van der Waals surface area contributed by atoms with E-state index in [9.17, 15) is 9.59 Å². The molecular formula is C17H22N4O3. The molecule has 2 amide bonds. The molecule has 0 saturated heterocycles. The van der Waals surface area contributed by atoms with Crippen molar-refractivity contribution in [2.45, 2.75) is 33.7 Å². The molecule has 0 aliphatic carbocycles. The third-order valence-corrected chi connectivity index (χ3v) is 3.45. The molecule has 1 aromatic carbocycles. The molecule has 0 aliphatic rings.